The number of ether oxygens (including phenoxy) is 1. The largest absolute Gasteiger partial charge is 0.398 e. The van der Waals surface area contributed by atoms with Crippen LogP contribution in [0, 0.1) is 0 Å². The first kappa shape index (κ1) is 13.4. The molecular formula is C13H17BrN2O2. The molecule has 0 radical (unpaired) electrons. The first-order valence-electron chi connectivity index (χ1n) is 5.91. The van der Waals surface area contributed by atoms with Crippen molar-refractivity contribution in [2.75, 3.05) is 12.3 Å². The van der Waals surface area contributed by atoms with Gasteiger partial charge in [0.2, 0.25) is 0 Å². The summed E-state index contributed by atoms with van der Waals surface area (Å²) in [5, 5.41) is 3.02. The third kappa shape index (κ3) is 2.52. The number of rotatable bonds is 2. The van der Waals surface area contributed by atoms with E-state index in [0.717, 1.165) is 10.9 Å². The number of carbonyl (C=O) groups is 1. The van der Waals surface area contributed by atoms with E-state index in [1.54, 1.807) is 12.1 Å². The summed E-state index contributed by atoms with van der Waals surface area (Å²) < 4.78 is 6.36. The molecule has 5 heteroatoms. The molecule has 1 aromatic rings. The Bertz CT molecular complexity index is 478. The summed E-state index contributed by atoms with van der Waals surface area (Å²) in [6.45, 7) is 4.64. The molecule has 1 aromatic carbocycles. The van der Waals surface area contributed by atoms with Crippen LogP contribution < -0.4 is 11.1 Å². The van der Waals surface area contributed by atoms with Gasteiger partial charge < -0.3 is 15.8 Å². The summed E-state index contributed by atoms with van der Waals surface area (Å²) in [5.74, 6) is -0.153. The number of hydrogen-bond acceptors (Lipinski definition) is 3. The minimum atomic E-state index is -0.323. The second-order valence-corrected chi connectivity index (χ2v) is 5.78. The zero-order valence-corrected chi connectivity index (χ0v) is 12.1. The Labute approximate surface area is 115 Å². The highest BCUT2D eigenvalue weighted by molar-refractivity contribution is 9.10. The molecule has 1 saturated heterocycles. The maximum absolute atomic E-state index is 12.2. The van der Waals surface area contributed by atoms with Crippen molar-refractivity contribution in [3.8, 4) is 0 Å². The van der Waals surface area contributed by atoms with E-state index in [0.29, 0.717) is 17.9 Å². The summed E-state index contributed by atoms with van der Waals surface area (Å²) in [6.07, 6.45) is 0.828. The second-order valence-electron chi connectivity index (χ2n) is 4.87. The van der Waals surface area contributed by atoms with Gasteiger partial charge in [0.05, 0.1) is 17.2 Å². The molecule has 0 spiro atoms. The van der Waals surface area contributed by atoms with Crippen LogP contribution >= 0.6 is 15.9 Å². The zero-order chi connectivity index (χ0) is 13.3. The van der Waals surface area contributed by atoms with Gasteiger partial charge in [0.1, 0.15) is 0 Å². The summed E-state index contributed by atoms with van der Waals surface area (Å²) in [7, 11) is 0. The van der Waals surface area contributed by atoms with E-state index in [4.69, 9.17) is 10.5 Å². The van der Waals surface area contributed by atoms with Crippen molar-refractivity contribution in [1.29, 1.82) is 0 Å². The number of nitrogens with one attached hydrogen (secondary N) is 1. The molecule has 18 heavy (non-hydrogen) atoms. The predicted molar refractivity (Wildman–Crippen MR) is 74.5 cm³/mol. The van der Waals surface area contributed by atoms with Gasteiger partial charge in [0.25, 0.3) is 5.91 Å². The van der Waals surface area contributed by atoms with Crippen molar-refractivity contribution < 1.29 is 9.53 Å². The van der Waals surface area contributed by atoms with E-state index in [1.165, 1.54) is 0 Å². The lowest BCUT2D eigenvalue weighted by atomic mass is 9.94. The molecule has 2 atom stereocenters. The van der Waals surface area contributed by atoms with Gasteiger partial charge in [-0.3, -0.25) is 4.79 Å². The quantitative estimate of drug-likeness (QED) is 0.824. The average Bonchev–Trinajstić information content (AvgIpc) is 2.58. The van der Waals surface area contributed by atoms with Gasteiger partial charge in [-0.25, -0.2) is 0 Å². The van der Waals surface area contributed by atoms with Gasteiger partial charge in [-0.2, -0.15) is 0 Å². The Kier molecular flexibility index (Phi) is 3.64. The lowest BCUT2D eigenvalue weighted by molar-refractivity contribution is 0.0728. The predicted octanol–water partition coefficient (Wildman–Crippen LogP) is 2.33. The normalized spacial score (nSPS) is 27.2. The van der Waals surface area contributed by atoms with Gasteiger partial charge >= 0.3 is 0 Å². The van der Waals surface area contributed by atoms with E-state index in [9.17, 15) is 4.79 Å². The van der Waals surface area contributed by atoms with Crippen molar-refractivity contribution in [2.24, 2.45) is 0 Å². The fourth-order valence-corrected chi connectivity index (χ4v) is 2.44. The number of anilines is 1. The Morgan fingerprint density at radius 3 is 2.89 bits per heavy atom. The molecule has 0 bridgehead atoms. The molecule has 0 aromatic heterocycles. The van der Waals surface area contributed by atoms with Crippen LogP contribution in [0.2, 0.25) is 0 Å². The molecule has 2 rings (SSSR count). The number of nitrogens with two attached hydrogens (primary N) is 1. The van der Waals surface area contributed by atoms with E-state index >= 15 is 0 Å². The zero-order valence-electron chi connectivity index (χ0n) is 10.5. The highest BCUT2D eigenvalue weighted by Crippen LogP contribution is 2.26. The van der Waals surface area contributed by atoms with Gasteiger partial charge in [0, 0.05) is 16.8 Å². The topological polar surface area (TPSA) is 64.3 Å². The molecule has 1 fully saturated rings. The van der Waals surface area contributed by atoms with Gasteiger partial charge in [-0.15, -0.1) is 0 Å². The van der Waals surface area contributed by atoms with Crippen molar-refractivity contribution in [3.63, 3.8) is 0 Å². The first-order chi connectivity index (χ1) is 8.42. The molecule has 1 aliphatic rings. The van der Waals surface area contributed by atoms with Crippen molar-refractivity contribution in [3.05, 3.63) is 28.2 Å². The number of halogens is 1. The van der Waals surface area contributed by atoms with Gasteiger partial charge in [-0.05, 0) is 38.5 Å². The van der Waals surface area contributed by atoms with Crippen LogP contribution in [0.15, 0.2) is 22.7 Å². The fourth-order valence-electron chi connectivity index (χ4n) is 2.07. The lowest BCUT2D eigenvalue weighted by Gasteiger charge is -2.29. The molecular weight excluding hydrogens is 296 g/mol. The van der Waals surface area contributed by atoms with Crippen LogP contribution in [0.3, 0.4) is 0 Å². The summed E-state index contributed by atoms with van der Waals surface area (Å²) in [4.78, 5) is 12.2. The molecule has 1 heterocycles. The monoisotopic (exact) mass is 312 g/mol. The number of carbonyl (C=O) groups excluding carboxylic acids is 1. The standard InChI is InChI=1S/C13H17BrN2O2/c1-8-13(2,5-6-18-8)16-12(17)10-4-3-9(14)7-11(10)15/h3-4,7-8H,5-6,15H2,1-2H3,(H,16,17). The Morgan fingerprint density at radius 2 is 2.33 bits per heavy atom. The highest BCUT2D eigenvalue weighted by Gasteiger charge is 2.38. The molecule has 0 aliphatic carbocycles. The fraction of sp³-hybridized carbons (Fsp3) is 0.462. The van der Waals surface area contributed by atoms with Crippen LogP contribution in [-0.2, 0) is 4.74 Å². The Morgan fingerprint density at radius 1 is 1.61 bits per heavy atom. The maximum Gasteiger partial charge on any atom is 0.253 e. The summed E-state index contributed by atoms with van der Waals surface area (Å²) in [6, 6.07) is 5.26. The third-order valence-electron chi connectivity index (χ3n) is 3.54. The van der Waals surface area contributed by atoms with E-state index in [-0.39, 0.29) is 17.6 Å². The van der Waals surface area contributed by atoms with Crippen LogP contribution in [0.25, 0.3) is 0 Å². The van der Waals surface area contributed by atoms with E-state index in [1.807, 2.05) is 19.9 Å². The summed E-state index contributed by atoms with van der Waals surface area (Å²) >= 11 is 3.32. The SMILES string of the molecule is CC1OCCC1(C)NC(=O)c1ccc(Br)cc1N. The molecule has 2 unspecified atom stereocenters. The Hall–Kier alpha value is -1.07. The number of amides is 1. The van der Waals surface area contributed by atoms with Crippen LogP contribution in [0.4, 0.5) is 5.69 Å². The van der Waals surface area contributed by atoms with Crippen molar-refractivity contribution >= 4 is 27.5 Å². The van der Waals surface area contributed by atoms with Gasteiger partial charge in [0.15, 0.2) is 0 Å². The smallest absolute Gasteiger partial charge is 0.253 e. The number of benzene rings is 1. The van der Waals surface area contributed by atoms with E-state index in [2.05, 4.69) is 21.2 Å². The molecule has 1 aliphatic heterocycles. The minimum absolute atomic E-state index is 0.0122. The maximum atomic E-state index is 12.2. The molecule has 4 nitrogen and oxygen atoms in total. The van der Waals surface area contributed by atoms with Crippen molar-refractivity contribution in [2.45, 2.75) is 31.9 Å². The molecule has 1 amide bonds. The number of nitrogen functional groups attached to an aromatic ring is 1. The summed E-state index contributed by atoms with van der Waals surface area (Å²) in [5.41, 5.74) is 6.50. The third-order valence-corrected chi connectivity index (χ3v) is 4.04. The first-order valence-corrected chi connectivity index (χ1v) is 6.71. The molecule has 3 N–H and O–H groups in total. The van der Waals surface area contributed by atoms with Crippen molar-refractivity contribution in [1.82, 2.24) is 5.32 Å². The Balaban J connectivity index is 2.17. The lowest BCUT2D eigenvalue weighted by Crippen LogP contribution is -2.50. The van der Waals surface area contributed by atoms with Crippen LogP contribution in [0.1, 0.15) is 30.6 Å². The van der Waals surface area contributed by atoms with Crippen LogP contribution in [-0.4, -0.2) is 24.2 Å². The average molecular weight is 313 g/mol. The molecule has 0 saturated carbocycles. The van der Waals surface area contributed by atoms with E-state index < -0.39 is 0 Å². The second kappa shape index (κ2) is 4.90. The highest BCUT2D eigenvalue weighted by atomic mass is 79.9. The minimum Gasteiger partial charge on any atom is -0.398 e. The molecule has 98 valence electrons. The number of hydrogen-bond donors (Lipinski definition) is 2. The van der Waals surface area contributed by atoms with Crippen LogP contribution in [0.5, 0.6) is 0 Å². The van der Waals surface area contributed by atoms with Gasteiger partial charge in [-0.1, -0.05) is 15.9 Å².